The number of hydrogen-bond donors (Lipinski definition) is 1. The molecule has 0 saturated carbocycles. The van der Waals surface area contributed by atoms with E-state index >= 15 is 0 Å². The van der Waals surface area contributed by atoms with Crippen LogP contribution in [-0.2, 0) is 7.05 Å². The van der Waals surface area contributed by atoms with E-state index in [9.17, 15) is 25.0 Å². The number of amides is 1. The average molecular weight is 411 g/mol. The Morgan fingerprint density at radius 1 is 1.10 bits per heavy atom. The van der Waals surface area contributed by atoms with E-state index in [1.165, 1.54) is 26.1 Å². The molecule has 0 fully saturated rings. The van der Waals surface area contributed by atoms with Crippen LogP contribution in [0, 0.1) is 34.1 Å². The largest absolute Gasteiger partial charge is 0.457 e. The maximum atomic E-state index is 12.7. The van der Waals surface area contributed by atoms with Crippen LogP contribution >= 0.6 is 0 Å². The van der Waals surface area contributed by atoms with Crippen molar-refractivity contribution >= 4 is 23.0 Å². The quantitative estimate of drug-likeness (QED) is 0.479. The number of nitro groups is 2. The summed E-state index contributed by atoms with van der Waals surface area (Å²) < 4.78 is 6.82. The summed E-state index contributed by atoms with van der Waals surface area (Å²) in [5, 5.41) is 29.0. The van der Waals surface area contributed by atoms with E-state index in [0.29, 0.717) is 5.75 Å². The third-order valence-electron chi connectivity index (χ3n) is 4.27. The van der Waals surface area contributed by atoms with E-state index in [1.54, 1.807) is 12.1 Å². The number of anilines is 1. The fourth-order valence-electron chi connectivity index (χ4n) is 2.93. The second-order valence-corrected chi connectivity index (χ2v) is 6.46. The molecule has 1 heterocycles. The van der Waals surface area contributed by atoms with Gasteiger partial charge in [0.1, 0.15) is 17.2 Å². The van der Waals surface area contributed by atoms with Crippen molar-refractivity contribution in [3.63, 3.8) is 0 Å². The van der Waals surface area contributed by atoms with Gasteiger partial charge >= 0.3 is 5.69 Å². The molecule has 0 spiro atoms. The van der Waals surface area contributed by atoms with Gasteiger partial charge in [-0.15, -0.1) is 0 Å². The molecule has 11 heteroatoms. The van der Waals surface area contributed by atoms with Gasteiger partial charge in [-0.3, -0.25) is 29.7 Å². The number of ether oxygens (including phenoxy) is 1. The van der Waals surface area contributed by atoms with Crippen molar-refractivity contribution in [1.29, 1.82) is 0 Å². The number of nitrogens with zero attached hydrogens (tertiary/aromatic N) is 4. The Morgan fingerprint density at radius 3 is 2.43 bits per heavy atom. The number of aromatic nitrogens is 2. The van der Waals surface area contributed by atoms with Crippen LogP contribution in [0.1, 0.15) is 21.7 Å². The molecule has 0 aliphatic carbocycles. The Hall–Kier alpha value is -4.28. The lowest BCUT2D eigenvalue weighted by Gasteiger charge is -2.11. The Morgan fingerprint density at radius 2 is 1.80 bits per heavy atom. The molecular formula is C19H17N5O6. The fourth-order valence-corrected chi connectivity index (χ4v) is 2.93. The van der Waals surface area contributed by atoms with Gasteiger partial charge in [-0.25, -0.2) is 0 Å². The van der Waals surface area contributed by atoms with Crippen LogP contribution < -0.4 is 10.1 Å². The van der Waals surface area contributed by atoms with E-state index in [2.05, 4.69) is 10.4 Å². The number of benzene rings is 2. The van der Waals surface area contributed by atoms with E-state index in [4.69, 9.17) is 4.74 Å². The number of hydrogen-bond acceptors (Lipinski definition) is 7. The van der Waals surface area contributed by atoms with Gasteiger partial charge in [-0.2, -0.15) is 5.10 Å². The summed E-state index contributed by atoms with van der Waals surface area (Å²) in [7, 11) is 1.40. The number of nitrogens with one attached hydrogen (secondary N) is 1. The van der Waals surface area contributed by atoms with Crippen molar-refractivity contribution in [3.8, 4) is 11.5 Å². The molecule has 0 unspecified atom stereocenters. The normalized spacial score (nSPS) is 10.5. The van der Waals surface area contributed by atoms with Crippen molar-refractivity contribution in [2.24, 2.45) is 7.05 Å². The number of rotatable bonds is 6. The SMILES string of the molecule is Cc1ccccc1Oc1cc(NC(=O)c2c([N+](=O)[O-])c(C)nn2C)cc([N+](=O)[O-])c1. The first-order valence-corrected chi connectivity index (χ1v) is 8.69. The Kier molecular flexibility index (Phi) is 5.45. The zero-order valence-electron chi connectivity index (χ0n) is 16.3. The lowest BCUT2D eigenvalue weighted by atomic mass is 10.2. The highest BCUT2D eigenvalue weighted by Gasteiger charge is 2.29. The molecule has 1 amide bonds. The molecule has 1 aromatic heterocycles. The number of aryl methyl sites for hydroxylation is 3. The van der Waals surface area contributed by atoms with Crippen LogP contribution in [0.4, 0.5) is 17.1 Å². The lowest BCUT2D eigenvalue weighted by molar-refractivity contribution is -0.385. The smallest absolute Gasteiger partial charge is 0.322 e. The van der Waals surface area contributed by atoms with Gasteiger partial charge in [0.05, 0.1) is 21.6 Å². The van der Waals surface area contributed by atoms with E-state index in [-0.39, 0.29) is 28.5 Å². The molecule has 0 saturated heterocycles. The molecule has 154 valence electrons. The maximum absolute atomic E-state index is 12.7. The number of carbonyl (C=O) groups is 1. The minimum Gasteiger partial charge on any atom is -0.457 e. The van der Waals surface area contributed by atoms with Gasteiger partial charge in [0.25, 0.3) is 11.6 Å². The van der Waals surface area contributed by atoms with E-state index in [0.717, 1.165) is 16.3 Å². The predicted octanol–water partition coefficient (Wildman–Crippen LogP) is 3.90. The number of carbonyl (C=O) groups excluding carboxylic acids is 1. The van der Waals surface area contributed by atoms with Crippen LogP contribution in [-0.4, -0.2) is 25.5 Å². The van der Waals surface area contributed by atoms with Gasteiger partial charge < -0.3 is 10.1 Å². The van der Waals surface area contributed by atoms with Gasteiger partial charge in [0.15, 0.2) is 0 Å². The third kappa shape index (κ3) is 4.09. The van der Waals surface area contributed by atoms with Crippen LogP contribution in [0.15, 0.2) is 42.5 Å². The number of nitro benzene ring substituents is 1. The molecule has 0 aliphatic heterocycles. The predicted molar refractivity (Wildman–Crippen MR) is 107 cm³/mol. The fraction of sp³-hybridized carbons (Fsp3) is 0.158. The molecular weight excluding hydrogens is 394 g/mol. The summed E-state index contributed by atoms with van der Waals surface area (Å²) in [6.07, 6.45) is 0. The first kappa shape index (κ1) is 20.5. The molecule has 3 rings (SSSR count). The molecule has 0 atom stereocenters. The topological polar surface area (TPSA) is 142 Å². The molecule has 0 radical (unpaired) electrons. The second kappa shape index (κ2) is 7.99. The monoisotopic (exact) mass is 411 g/mol. The molecule has 0 aliphatic rings. The first-order chi connectivity index (χ1) is 14.2. The zero-order chi connectivity index (χ0) is 22.0. The van der Waals surface area contributed by atoms with Gasteiger partial charge in [0, 0.05) is 19.2 Å². The second-order valence-electron chi connectivity index (χ2n) is 6.46. The van der Waals surface area contributed by atoms with E-state index in [1.807, 2.05) is 19.1 Å². The Bertz CT molecular complexity index is 1170. The van der Waals surface area contributed by atoms with Crippen molar-refractivity contribution in [2.45, 2.75) is 13.8 Å². The molecule has 30 heavy (non-hydrogen) atoms. The summed E-state index contributed by atoms with van der Waals surface area (Å²) in [5.74, 6) is -0.204. The number of para-hydroxylation sites is 1. The van der Waals surface area contributed by atoms with Crippen LogP contribution in [0.5, 0.6) is 11.5 Å². The molecule has 2 aromatic carbocycles. The average Bonchev–Trinajstić information content (AvgIpc) is 2.97. The zero-order valence-corrected chi connectivity index (χ0v) is 16.3. The molecule has 0 bridgehead atoms. The standard InChI is InChI=1S/C19H17N5O6/c1-11-6-4-5-7-16(11)30-15-9-13(8-14(10-15)23(26)27)20-19(25)18-17(24(28)29)12(2)21-22(18)3/h4-10H,1-3H3,(H,20,25). The summed E-state index contributed by atoms with van der Waals surface area (Å²) in [6.45, 7) is 3.23. The van der Waals surface area contributed by atoms with Crippen molar-refractivity contribution in [1.82, 2.24) is 9.78 Å². The molecule has 3 aromatic rings. The van der Waals surface area contributed by atoms with Gasteiger partial charge in [-0.1, -0.05) is 18.2 Å². The molecule has 11 nitrogen and oxygen atoms in total. The third-order valence-corrected chi connectivity index (χ3v) is 4.27. The highest BCUT2D eigenvalue weighted by atomic mass is 16.6. The number of non-ortho nitro benzene ring substituents is 1. The summed E-state index contributed by atoms with van der Waals surface area (Å²) >= 11 is 0. The first-order valence-electron chi connectivity index (χ1n) is 8.69. The summed E-state index contributed by atoms with van der Waals surface area (Å²) in [4.78, 5) is 34.0. The lowest BCUT2D eigenvalue weighted by Crippen LogP contribution is -2.17. The van der Waals surface area contributed by atoms with Crippen molar-refractivity contribution < 1.29 is 19.4 Å². The van der Waals surface area contributed by atoms with Crippen LogP contribution in [0.3, 0.4) is 0 Å². The Labute approximate surface area is 170 Å². The van der Waals surface area contributed by atoms with Crippen LogP contribution in [0.2, 0.25) is 0 Å². The maximum Gasteiger partial charge on any atom is 0.322 e. The minimum atomic E-state index is -0.827. The van der Waals surface area contributed by atoms with Gasteiger partial charge in [-0.05, 0) is 25.5 Å². The van der Waals surface area contributed by atoms with Crippen molar-refractivity contribution in [3.05, 3.63) is 79.6 Å². The van der Waals surface area contributed by atoms with Gasteiger partial charge in [0.2, 0.25) is 5.69 Å². The highest BCUT2D eigenvalue weighted by Crippen LogP contribution is 2.32. The van der Waals surface area contributed by atoms with Crippen LogP contribution in [0.25, 0.3) is 0 Å². The molecule has 1 N–H and O–H groups in total. The minimum absolute atomic E-state index is 0.0472. The van der Waals surface area contributed by atoms with Crippen molar-refractivity contribution in [2.75, 3.05) is 5.32 Å². The Balaban J connectivity index is 1.97. The summed E-state index contributed by atoms with van der Waals surface area (Å²) in [6, 6.07) is 10.9. The van der Waals surface area contributed by atoms with E-state index < -0.39 is 21.4 Å². The highest BCUT2D eigenvalue weighted by molar-refractivity contribution is 6.06. The summed E-state index contributed by atoms with van der Waals surface area (Å²) in [5.41, 5.74) is -0.0777.